The third-order valence-electron chi connectivity index (χ3n) is 3.45. The molecular formula is C15H15FN4O. The zero-order valence-electron chi connectivity index (χ0n) is 11.4. The Morgan fingerprint density at radius 1 is 1.52 bits per heavy atom. The molecule has 6 heteroatoms. The molecule has 1 fully saturated rings. The van der Waals surface area contributed by atoms with Crippen LogP contribution in [0, 0.1) is 17.1 Å². The predicted octanol–water partition coefficient (Wildman–Crippen LogP) is 2.82. The van der Waals surface area contributed by atoms with E-state index >= 15 is 0 Å². The van der Waals surface area contributed by atoms with Gasteiger partial charge in [0, 0.05) is 12.8 Å². The van der Waals surface area contributed by atoms with E-state index in [-0.39, 0.29) is 11.7 Å². The first-order chi connectivity index (χ1) is 10.3. The van der Waals surface area contributed by atoms with Gasteiger partial charge in [-0.05, 0) is 25.0 Å². The largest absolute Gasteiger partial charge is 0.376 e. The lowest BCUT2D eigenvalue weighted by atomic mass is 10.2. The molecule has 1 N–H and O–H groups in total. The Morgan fingerprint density at radius 3 is 3.19 bits per heavy atom. The molecule has 2 aromatic rings. The van der Waals surface area contributed by atoms with Crippen molar-refractivity contribution in [2.24, 2.45) is 0 Å². The number of nitrogens with zero attached hydrogens (tertiary/aromatic N) is 3. The van der Waals surface area contributed by atoms with E-state index in [4.69, 9.17) is 10.00 Å². The van der Waals surface area contributed by atoms with Gasteiger partial charge in [0.1, 0.15) is 17.4 Å². The van der Waals surface area contributed by atoms with Gasteiger partial charge in [0.2, 0.25) is 0 Å². The third-order valence-corrected chi connectivity index (χ3v) is 3.45. The fourth-order valence-electron chi connectivity index (χ4n) is 2.42. The predicted molar refractivity (Wildman–Crippen MR) is 75.6 cm³/mol. The van der Waals surface area contributed by atoms with Gasteiger partial charge in [0.05, 0.1) is 30.2 Å². The molecule has 0 radical (unpaired) electrons. The molecule has 0 spiro atoms. The fourth-order valence-corrected chi connectivity index (χ4v) is 2.42. The molecule has 1 aromatic heterocycles. The SMILES string of the molecule is N#Cc1c(F)cccc1Nc1cnn(CC2CCCO2)c1. The van der Waals surface area contributed by atoms with Crippen LogP contribution < -0.4 is 5.32 Å². The van der Waals surface area contributed by atoms with Crippen molar-refractivity contribution in [3.63, 3.8) is 0 Å². The minimum absolute atomic E-state index is 0.00405. The summed E-state index contributed by atoms with van der Waals surface area (Å²) >= 11 is 0. The summed E-state index contributed by atoms with van der Waals surface area (Å²) in [7, 11) is 0. The first-order valence-electron chi connectivity index (χ1n) is 6.86. The average molecular weight is 286 g/mol. The number of halogens is 1. The van der Waals surface area contributed by atoms with Crippen molar-refractivity contribution < 1.29 is 9.13 Å². The average Bonchev–Trinajstić information content (AvgIpc) is 3.12. The quantitative estimate of drug-likeness (QED) is 0.938. The Labute approximate surface area is 122 Å². The molecule has 3 rings (SSSR count). The Kier molecular flexibility index (Phi) is 3.84. The highest BCUT2D eigenvalue weighted by molar-refractivity contribution is 5.65. The molecule has 0 amide bonds. The zero-order chi connectivity index (χ0) is 14.7. The van der Waals surface area contributed by atoms with Crippen LogP contribution >= 0.6 is 0 Å². The van der Waals surface area contributed by atoms with E-state index in [9.17, 15) is 4.39 Å². The lowest BCUT2D eigenvalue weighted by Crippen LogP contribution is -2.15. The van der Waals surface area contributed by atoms with Crippen LogP contribution in [0.2, 0.25) is 0 Å². The number of rotatable bonds is 4. The van der Waals surface area contributed by atoms with E-state index < -0.39 is 5.82 Å². The topological polar surface area (TPSA) is 62.9 Å². The van der Waals surface area contributed by atoms with Crippen LogP contribution in [0.15, 0.2) is 30.6 Å². The second-order valence-electron chi connectivity index (χ2n) is 4.99. The second kappa shape index (κ2) is 5.94. The van der Waals surface area contributed by atoms with Crippen LogP contribution in [0.4, 0.5) is 15.8 Å². The van der Waals surface area contributed by atoms with E-state index in [1.807, 2.05) is 12.3 Å². The Hall–Kier alpha value is -2.39. The normalized spacial score (nSPS) is 17.6. The number of nitriles is 1. The lowest BCUT2D eigenvalue weighted by molar-refractivity contribution is 0.0940. The summed E-state index contributed by atoms with van der Waals surface area (Å²) in [4.78, 5) is 0. The highest BCUT2D eigenvalue weighted by atomic mass is 19.1. The number of benzene rings is 1. The summed E-state index contributed by atoms with van der Waals surface area (Å²) < 4.78 is 20.9. The molecule has 1 atom stereocenters. The van der Waals surface area contributed by atoms with Gasteiger partial charge >= 0.3 is 0 Å². The van der Waals surface area contributed by atoms with Gasteiger partial charge in [-0.15, -0.1) is 0 Å². The third kappa shape index (κ3) is 3.03. The Balaban J connectivity index is 1.72. The monoisotopic (exact) mass is 286 g/mol. The van der Waals surface area contributed by atoms with Crippen LogP contribution in [-0.2, 0) is 11.3 Å². The van der Waals surface area contributed by atoms with E-state index in [2.05, 4.69) is 10.4 Å². The van der Waals surface area contributed by atoms with Gasteiger partial charge in [-0.25, -0.2) is 4.39 Å². The standard InChI is InChI=1S/C15H15FN4O/c16-14-4-1-5-15(13(14)7-17)19-11-8-18-20(9-11)10-12-3-2-6-21-12/h1,4-5,8-9,12,19H,2-3,6,10H2. The number of ether oxygens (including phenoxy) is 1. The zero-order valence-corrected chi connectivity index (χ0v) is 11.4. The summed E-state index contributed by atoms with van der Waals surface area (Å²) in [6.45, 7) is 1.52. The molecular weight excluding hydrogens is 271 g/mol. The molecule has 0 aliphatic carbocycles. The summed E-state index contributed by atoms with van der Waals surface area (Å²) in [5.41, 5.74) is 1.16. The molecule has 2 heterocycles. The van der Waals surface area contributed by atoms with Crippen molar-refractivity contribution >= 4 is 11.4 Å². The number of hydrogen-bond acceptors (Lipinski definition) is 4. The second-order valence-corrected chi connectivity index (χ2v) is 4.99. The van der Waals surface area contributed by atoms with E-state index in [0.717, 1.165) is 25.1 Å². The van der Waals surface area contributed by atoms with E-state index in [1.54, 1.807) is 23.0 Å². The molecule has 1 unspecified atom stereocenters. The molecule has 0 bridgehead atoms. The summed E-state index contributed by atoms with van der Waals surface area (Å²) in [6.07, 6.45) is 5.83. The summed E-state index contributed by atoms with van der Waals surface area (Å²) in [5, 5.41) is 16.3. The van der Waals surface area contributed by atoms with Crippen molar-refractivity contribution in [1.82, 2.24) is 9.78 Å². The highest BCUT2D eigenvalue weighted by Crippen LogP contribution is 2.22. The highest BCUT2D eigenvalue weighted by Gasteiger charge is 2.16. The van der Waals surface area contributed by atoms with Crippen molar-refractivity contribution in [1.29, 1.82) is 5.26 Å². The molecule has 21 heavy (non-hydrogen) atoms. The smallest absolute Gasteiger partial charge is 0.143 e. The molecule has 1 aliphatic heterocycles. The van der Waals surface area contributed by atoms with Crippen LogP contribution in [0.1, 0.15) is 18.4 Å². The van der Waals surface area contributed by atoms with Gasteiger partial charge in [0.25, 0.3) is 0 Å². The minimum Gasteiger partial charge on any atom is -0.376 e. The van der Waals surface area contributed by atoms with Gasteiger partial charge in [0.15, 0.2) is 0 Å². The fraction of sp³-hybridized carbons (Fsp3) is 0.333. The van der Waals surface area contributed by atoms with Gasteiger partial charge < -0.3 is 10.1 Å². The maximum absolute atomic E-state index is 13.5. The first-order valence-corrected chi connectivity index (χ1v) is 6.86. The molecule has 1 aromatic carbocycles. The van der Waals surface area contributed by atoms with E-state index in [0.29, 0.717) is 12.2 Å². The van der Waals surface area contributed by atoms with Crippen molar-refractivity contribution in [2.75, 3.05) is 11.9 Å². The van der Waals surface area contributed by atoms with Crippen molar-refractivity contribution in [3.8, 4) is 6.07 Å². The molecule has 108 valence electrons. The maximum Gasteiger partial charge on any atom is 0.143 e. The number of nitrogens with one attached hydrogen (secondary N) is 1. The van der Waals surface area contributed by atoms with Crippen LogP contribution in [0.25, 0.3) is 0 Å². The minimum atomic E-state index is -0.533. The van der Waals surface area contributed by atoms with Crippen molar-refractivity contribution in [2.45, 2.75) is 25.5 Å². The Morgan fingerprint density at radius 2 is 2.43 bits per heavy atom. The van der Waals surface area contributed by atoms with E-state index in [1.165, 1.54) is 6.07 Å². The van der Waals surface area contributed by atoms with Gasteiger partial charge in [-0.3, -0.25) is 4.68 Å². The molecule has 0 saturated carbocycles. The first kappa shape index (κ1) is 13.6. The summed E-state index contributed by atoms with van der Waals surface area (Å²) in [6, 6.07) is 6.36. The van der Waals surface area contributed by atoms with Gasteiger partial charge in [-0.2, -0.15) is 10.4 Å². The van der Waals surface area contributed by atoms with Crippen molar-refractivity contribution in [3.05, 3.63) is 42.0 Å². The molecule has 5 nitrogen and oxygen atoms in total. The number of hydrogen-bond donors (Lipinski definition) is 1. The van der Waals surface area contributed by atoms with Crippen LogP contribution in [-0.4, -0.2) is 22.5 Å². The van der Waals surface area contributed by atoms with Gasteiger partial charge in [-0.1, -0.05) is 6.07 Å². The number of anilines is 2. The van der Waals surface area contributed by atoms with Crippen LogP contribution in [0.5, 0.6) is 0 Å². The number of aromatic nitrogens is 2. The maximum atomic E-state index is 13.5. The summed E-state index contributed by atoms with van der Waals surface area (Å²) in [5.74, 6) is -0.533. The molecule has 1 aliphatic rings. The molecule has 1 saturated heterocycles. The Bertz CT molecular complexity index is 671. The van der Waals surface area contributed by atoms with Crippen LogP contribution in [0.3, 0.4) is 0 Å². The lowest BCUT2D eigenvalue weighted by Gasteiger charge is -2.09.